The average molecular weight is 462 g/mol. The zero-order chi connectivity index (χ0) is 23.2. The van der Waals surface area contributed by atoms with E-state index in [0.717, 1.165) is 25.3 Å². The van der Waals surface area contributed by atoms with E-state index in [-0.39, 0.29) is 11.0 Å². The van der Waals surface area contributed by atoms with Crippen LogP contribution in [0.1, 0.15) is 40.5 Å². The molecule has 5 heteroatoms. The summed E-state index contributed by atoms with van der Waals surface area (Å²) in [6.45, 7) is 12.2. The van der Waals surface area contributed by atoms with Crippen LogP contribution in [0.3, 0.4) is 0 Å². The Labute approximate surface area is 196 Å². The fraction of sp³-hybridized carbons (Fsp3) is 0.357. The lowest BCUT2D eigenvalue weighted by Crippen LogP contribution is -2.35. The minimum Gasteiger partial charge on any atom is -0.341 e. The second-order valence-electron chi connectivity index (χ2n) is 9.97. The molecule has 33 heavy (non-hydrogen) atoms. The lowest BCUT2D eigenvalue weighted by atomic mass is 10.1. The van der Waals surface area contributed by atoms with Crippen LogP contribution in [-0.4, -0.2) is 27.5 Å². The van der Waals surface area contributed by atoms with Gasteiger partial charge in [0.05, 0.1) is 12.9 Å². The van der Waals surface area contributed by atoms with E-state index in [9.17, 15) is 4.39 Å². The van der Waals surface area contributed by atoms with E-state index < -0.39 is 7.21 Å². The summed E-state index contributed by atoms with van der Waals surface area (Å²) in [5, 5.41) is 3.84. The largest absolute Gasteiger partial charge is 0.341 e. The maximum atomic E-state index is 13.7. The molecule has 0 spiro atoms. The first-order chi connectivity index (χ1) is 15.8. The van der Waals surface area contributed by atoms with E-state index in [1.54, 1.807) is 0 Å². The van der Waals surface area contributed by atoms with E-state index in [1.807, 2.05) is 12.1 Å². The number of fused-ring (bicyclic) bond motifs is 3. The van der Waals surface area contributed by atoms with Gasteiger partial charge in [-0.05, 0) is 68.3 Å². The Bertz CT molecular complexity index is 1360. The summed E-state index contributed by atoms with van der Waals surface area (Å²) < 4.78 is 24.3. The van der Waals surface area contributed by atoms with Crippen LogP contribution in [0.2, 0.25) is 0 Å². The molecule has 2 heterocycles. The number of halogens is 1. The van der Waals surface area contributed by atoms with Gasteiger partial charge in [-0.3, -0.25) is 4.67 Å². The molecule has 1 atom stereocenters. The Kier molecular flexibility index (Phi) is 5.71. The molecule has 1 fully saturated rings. The topological polar surface area (TPSA) is 20.5 Å². The zero-order valence-corrected chi connectivity index (χ0v) is 20.9. The smallest absolute Gasteiger partial charge is 0.123 e. The van der Waals surface area contributed by atoms with Gasteiger partial charge < -0.3 is 4.57 Å². The number of aryl methyl sites for hydroxylation is 1. The van der Waals surface area contributed by atoms with Gasteiger partial charge in [-0.2, -0.15) is 0 Å². The summed E-state index contributed by atoms with van der Waals surface area (Å²) >= 11 is 0. The second kappa shape index (κ2) is 8.42. The number of rotatable bonds is 4. The molecule has 0 radical (unpaired) electrons. The van der Waals surface area contributed by atoms with Crippen LogP contribution in [0.15, 0.2) is 71.5 Å². The minimum absolute atomic E-state index is 0.0669. The Hall–Kier alpha value is -2.42. The van der Waals surface area contributed by atoms with Crippen molar-refractivity contribution in [1.29, 1.82) is 0 Å². The Morgan fingerprint density at radius 2 is 1.55 bits per heavy atom. The molecule has 0 unspecified atom stereocenters. The Morgan fingerprint density at radius 3 is 2.21 bits per heavy atom. The molecule has 1 aliphatic heterocycles. The van der Waals surface area contributed by atoms with Crippen molar-refractivity contribution in [3.63, 3.8) is 0 Å². The van der Waals surface area contributed by atoms with Gasteiger partial charge >= 0.3 is 0 Å². The summed E-state index contributed by atoms with van der Waals surface area (Å²) in [6.07, 6.45) is 2.41. The highest BCUT2D eigenvalue weighted by molar-refractivity contribution is 7.73. The summed E-state index contributed by atoms with van der Waals surface area (Å²) in [6, 6.07) is 22.4. The van der Waals surface area contributed by atoms with Crippen molar-refractivity contribution in [2.75, 3.05) is 13.1 Å². The van der Waals surface area contributed by atoms with Gasteiger partial charge in [-0.1, -0.05) is 39.0 Å². The lowest BCUT2D eigenvalue weighted by molar-refractivity contribution is 0.538. The van der Waals surface area contributed by atoms with Crippen LogP contribution in [0.5, 0.6) is 0 Å². The molecular formula is C28H33FN3P. The van der Waals surface area contributed by atoms with Gasteiger partial charge in [0.15, 0.2) is 0 Å². The Balaban J connectivity index is 1.85. The normalized spacial score (nSPS) is 17.0. The SMILES string of the molecule is CCn1c2ccccc2c2cc([P@@](=Nc3ccc(F)cc3)(N3CCCC3)C(C)(C)C)ccc21. The average Bonchev–Trinajstić information content (AvgIpc) is 3.44. The fourth-order valence-corrected chi connectivity index (χ4v) is 9.90. The molecule has 4 aromatic rings. The van der Waals surface area contributed by atoms with Gasteiger partial charge in [0.1, 0.15) is 5.82 Å². The van der Waals surface area contributed by atoms with E-state index >= 15 is 0 Å². The quantitative estimate of drug-likeness (QED) is 0.283. The molecule has 0 saturated carbocycles. The molecule has 1 saturated heterocycles. The van der Waals surface area contributed by atoms with Crippen molar-refractivity contribution in [3.8, 4) is 0 Å². The van der Waals surface area contributed by atoms with Crippen molar-refractivity contribution in [2.45, 2.75) is 52.2 Å². The number of hydrogen-bond donors (Lipinski definition) is 0. The van der Waals surface area contributed by atoms with Gasteiger partial charge in [-0.15, -0.1) is 0 Å². The van der Waals surface area contributed by atoms with Crippen molar-refractivity contribution in [3.05, 3.63) is 72.5 Å². The monoisotopic (exact) mass is 461 g/mol. The number of aromatic nitrogens is 1. The molecule has 0 bridgehead atoms. The third kappa shape index (κ3) is 3.64. The summed E-state index contributed by atoms with van der Waals surface area (Å²) in [5.41, 5.74) is 3.42. The predicted molar refractivity (Wildman–Crippen MR) is 141 cm³/mol. The fourth-order valence-electron chi connectivity index (χ4n) is 5.49. The number of hydrogen-bond acceptors (Lipinski definition) is 1. The van der Waals surface area contributed by atoms with Crippen molar-refractivity contribution in [1.82, 2.24) is 9.24 Å². The maximum absolute atomic E-state index is 13.7. The number of para-hydroxylation sites is 1. The predicted octanol–water partition coefficient (Wildman–Crippen LogP) is 7.92. The van der Waals surface area contributed by atoms with Crippen LogP contribution in [-0.2, 0) is 6.54 Å². The molecule has 3 aromatic carbocycles. The molecule has 1 aliphatic rings. The third-order valence-corrected chi connectivity index (χ3v) is 11.6. The summed E-state index contributed by atoms with van der Waals surface area (Å²) in [4.78, 5) is 0. The molecular weight excluding hydrogens is 428 g/mol. The minimum atomic E-state index is -2.17. The highest BCUT2D eigenvalue weighted by Gasteiger charge is 2.42. The van der Waals surface area contributed by atoms with Crippen molar-refractivity contribution >= 4 is 40.0 Å². The Morgan fingerprint density at radius 1 is 0.879 bits per heavy atom. The van der Waals surface area contributed by atoms with Crippen molar-refractivity contribution in [2.24, 2.45) is 4.74 Å². The third-order valence-electron chi connectivity index (χ3n) is 6.95. The van der Waals surface area contributed by atoms with Gasteiger partial charge in [0, 0.05) is 51.9 Å². The summed E-state index contributed by atoms with van der Waals surface area (Å²) in [5.74, 6) is -0.219. The number of nitrogens with zero attached hydrogens (tertiary/aromatic N) is 3. The van der Waals surface area contributed by atoms with Gasteiger partial charge in [-0.25, -0.2) is 9.14 Å². The van der Waals surface area contributed by atoms with Crippen molar-refractivity contribution < 1.29 is 4.39 Å². The van der Waals surface area contributed by atoms with Gasteiger partial charge in [0.2, 0.25) is 0 Å². The molecule has 0 aliphatic carbocycles. The number of benzene rings is 3. The first kappa shape index (κ1) is 22.4. The maximum Gasteiger partial charge on any atom is 0.123 e. The van der Waals surface area contributed by atoms with E-state index in [4.69, 9.17) is 4.74 Å². The van der Waals surface area contributed by atoms with Crippen LogP contribution in [0.25, 0.3) is 21.8 Å². The first-order valence-corrected chi connectivity index (χ1v) is 13.7. The molecule has 0 N–H and O–H groups in total. The van der Waals surface area contributed by atoms with Gasteiger partial charge in [0.25, 0.3) is 0 Å². The lowest BCUT2D eigenvalue weighted by Gasteiger charge is -2.44. The first-order valence-electron chi connectivity index (χ1n) is 12.0. The molecule has 3 nitrogen and oxygen atoms in total. The second-order valence-corrected chi connectivity index (χ2v) is 13.8. The van der Waals surface area contributed by atoms with Crippen LogP contribution < -0.4 is 5.30 Å². The highest BCUT2D eigenvalue weighted by Crippen LogP contribution is 2.65. The molecule has 172 valence electrons. The van der Waals surface area contributed by atoms with E-state index in [1.165, 1.54) is 52.1 Å². The van der Waals surface area contributed by atoms with Crippen LogP contribution in [0, 0.1) is 5.82 Å². The summed E-state index contributed by atoms with van der Waals surface area (Å²) in [7, 11) is -2.17. The van der Waals surface area contributed by atoms with Crippen LogP contribution in [0.4, 0.5) is 10.1 Å². The zero-order valence-electron chi connectivity index (χ0n) is 20.1. The standard InChI is InChI=1S/C28H33FN3P/c1-5-32-26-11-7-6-10-24(26)25-20-23(16-17-27(25)32)33(28(2,3)4,31-18-8-9-19-31)30-22-14-12-21(29)13-15-22/h6-7,10-17,20H,5,8-9,18-19H2,1-4H3/t33-/m1/s1. The van der Waals surface area contributed by atoms with E-state index in [2.05, 4.69) is 79.4 Å². The highest BCUT2D eigenvalue weighted by atomic mass is 31.2. The molecule has 0 amide bonds. The van der Waals surface area contributed by atoms with Crippen LogP contribution >= 0.6 is 7.21 Å². The van der Waals surface area contributed by atoms with E-state index in [0.29, 0.717) is 0 Å². The molecule has 5 rings (SSSR count). The molecule has 1 aromatic heterocycles.